The molecule has 1 atom stereocenters. The van der Waals surface area contributed by atoms with Crippen LogP contribution in [0.2, 0.25) is 0 Å². The summed E-state index contributed by atoms with van der Waals surface area (Å²) in [6, 6.07) is 0. The van der Waals surface area contributed by atoms with Crippen LogP contribution >= 0.6 is 0 Å². The summed E-state index contributed by atoms with van der Waals surface area (Å²) in [5.74, 6) is 0.246. The molecular weight excluding hydrogens is 224 g/mol. The summed E-state index contributed by atoms with van der Waals surface area (Å²) < 4.78 is 1.40. The first-order valence-corrected chi connectivity index (χ1v) is 5.49. The van der Waals surface area contributed by atoms with E-state index in [-0.39, 0.29) is 18.1 Å². The molecule has 1 aromatic heterocycles. The average molecular weight is 242 g/mol. The molecule has 0 radical (unpaired) electrons. The van der Waals surface area contributed by atoms with Gasteiger partial charge in [0.2, 0.25) is 5.82 Å². The van der Waals surface area contributed by atoms with Gasteiger partial charge in [-0.3, -0.25) is 14.8 Å². The molecule has 0 aliphatic heterocycles. The van der Waals surface area contributed by atoms with Gasteiger partial charge in [0.1, 0.15) is 6.20 Å². The molecule has 1 rings (SSSR count). The Morgan fingerprint density at radius 1 is 1.71 bits per heavy atom. The van der Waals surface area contributed by atoms with E-state index >= 15 is 0 Å². The van der Waals surface area contributed by atoms with Crippen LogP contribution in [-0.4, -0.2) is 32.0 Å². The van der Waals surface area contributed by atoms with Crippen molar-refractivity contribution in [3.8, 4) is 0 Å². The molecule has 17 heavy (non-hydrogen) atoms. The minimum atomic E-state index is -0.468. The number of hydrogen-bond acceptors (Lipinski definition) is 5. The van der Waals surface area contributed by atoms with E-state index in [1.54, 1.807) is 7.05 Å². The fourth-order valence-electron chi connectivity index (χ4n) is 1.56. The van der Waals surface area contributed by atoms with Crippen LogP contribution in [0.3, 0.4) is 0 Å². The lowest BCUT2D eigenvalue weighted by Crippen LogP contribution is -2.35. The van der Waals surface area contributed by atoms with Crippen LogP contribution in [0, 0.1) is 10.1 Å². The lowest BCUT2D eigenvalue weighted by atomic mass is 9.95. The van der Waals surface area contributed by atoms with E-state index in [4.69, 9.17) is 5.11 Å². The maximum atomic E-state index is 10.8. The smallest absolute Gasteiger partial charge is 0.330 e. The molecule has 0 bridgehead atoms. The Bertz CT molecular complexity index is 404. The summed E-state index contributed by atoms with van der Waals surface area (Å²) >= 11 is 0. The fourth-order valence-corrected chi connectivity index (χ4v) is 1.56. The summed E-state index contributed by atoms with van der Waals surface area (Å²) in [6.07, 6.45) is 2.61. The summed E-state index contributed by atoms with van der Waals surface area (Å²) in [5.41, 5.74) is -0.446. The van der Waals surface area contributed by atoms with E-state index in [0.29, 0.717) is 6.42 Å². The third-order valence-corrected chi connectivity index (χ3v) is 2.87. The van der Waals surface area contributed by atoms with Crippen molar-refractivity contribution < 1.29 is 10.0 Å². The number of nitrogens with zero attached hydrogens (tertiary/aromatic N) is 3. The SMILES string of the molecule is CCC(C)(CCO)Nc1nn(C)cc1[N+](=O)[O-]. The highest BCUT2D eigenvalue weighted by atomic mass is 16.6. The second-order valence-electron chi connectivity index (χ2n) is 4.31. The van der Waals surface area contributed by atoms with E-state index in [0.717, 1.165) is 6.42 Å². The maximum Gasteiger partial charge on any atom is 0.330 e. The largest absolute Gasteiger partial charge is 0.396 e. The first kappa shape index (κ1) is 13.4. The Morgan fingerprint density at radius 2 is 2.35 bits per heavy atom. The molecule has 0 amide bonds. The highest BCUT2D eigenvalue weighted by molar-refractivity contribution is 5.55. The van der Waals surface area contributed by atoms with Crippen molar-refractivity contribution in [3.05, 3.63) is 16.3 Å². The van der Waals surface area contributed by atoms with Gasteiger partial charge >= 0.3 is 5.69 Å². The average Bonchev–Trinajstić information content (AvgIpc) is 2.59. The van der Waals surface area contributed by atoms with Gasteiger partial charge in [-0.25, -0.2) is 0 Å². The number of aryl methyl sites for hydroxylation is 1. The monoisotopic (exact) mass is 242 g/mol. The van der Waals surface area contributed by atoms with Crippen molar-refractivity contribution in [2.24, 2.45) is 7.05 Å². The Hall–Kier alpha value is -1.63. The van der Waals surface area contributed by atoms with E-state index < -0.39 is 10.5 Å². The summed E-state index contributed by atoms with van der Waals surface area (Å²) in [5, 5.41) is 26.9. The summed E-state index contributed by atoms with van der Waals surface area (Å²) in [6.45, 7) is 3.89. The van der Waals surface area contributed by atoms with E-state index in [2.05, 4.69) is 10.4 Å². The van der Waals surface area contributed by atoms with Crippen LogP contribution in [0.25, 0.3) is 0 Å². The lowest BCUT2D eigenvalue weighted by molar-refractivity contribution is -0.384. The van der Waals surface area contributed by atoms with E-state index in [1.807, 2.05) is 13.8 Å². The highest BCUT2D eigenvalue weighted by Gasteiger charge is 2.27. The molecule has 0 saturated heterocycles. The van der Waals surface area contributed by atoms with Gasteiger partial charge in [-0.15, -0.1) is 5.10 Å². The van der Waals surface area contributed by atoms with Crippen LogP contribution in [0.4, 0.5) is 11.5 Å². The molecule has 96 valence electrons. The number of aliphatic hydroxyl groups is 1. The molecule has 0 fully saturated rings. The molecular formula is C10H18N4O3. The molecule has 1 unspecified atom stereocenters. The topological polar surface area (TPSA) is 93.2 Å². The van der Waals surface area contributed by atoms with Gasteiger partial charge in [0, 0.05) is 19.2 Å². The molecule has 0 saturated carbocycles. The quantitative estimate of drug-likeness (QED) is 0.579. The number of nitrogens with one attached hydrogen (secondary N) is 1. The second kappa shape index (κ2) is 5.13. The van der Waals surface area contributed by atoms with Crippen LogP contribution in [-0.2, 0) is 7.05 Å². The molecule has 0 aliphatic rings. The van der Waals surface area contributed by atoms with Gasteiger partial charge in [-0.05, 0) is 19.8 Å². The molecule has 7 nitrogen and oxygen atoms in total. The Labute approximate surface area is 99.6 Å². The van der Waals surface area contributed by atoms with Gasteiger partial charge in [-0.2, -0.15) is 0 Å². The third kappa shape index (κ3) is 3.16. The van der Waals surface area contributed by atoms with Crippen LogP contribution < -0.4 is 5.32 Å². The van der Waals surface area contributed by atoms with Crippen molar-refractivity contribution in [1.29, 1.82) is 0 Å². The van der Waals surface area contributed by atoms with Gasteiger partial charge in [0.05, 0.1) is 4.92 Å². The maximum absolute atomic E-state index is 10.8. The molecule has 0 spiro atoms. The van der Waals surface area contributed by atoms with Gasteiger partial charge in [0.15, 0.2) is 0 Å². The van der Waals surface area contributed by atoms with E-state index in [1.165, 1.54) is 10.9 Å². The first-order valence-electron chi connectivity index (χ1n) is 5.49. The summed E-state index contributed by atoms with van der Waals surface area (Å²) in [7, 11) is 1.63. The molecule has 0 aromatic carbocycles. The molecule has 0 aliphatic carbocycles. The van der Waals surface area contributed by atoms with Crippen molar-refractivity contribution in [1.82, 2.24) is 9.78 Å². The van der Waals surface area contributed by atoms with Crippen molar-refractivity contribution >= 4 is 11.5 Å². The zero-order chi connectivity index (χ0) is 13.1. The van der Waals surface area contributed by atoms with Crippen LogP contribution in [0.15, 0.2) is 6.20 Å². The zero-order valence-electron chi connectivity index (χ0n) is 10.3. The highest BCUT2D eigenvalue weighted by Crippen LogP contribution is 2.27. The van der Waals surface area contributed by atoms with Gasteiger partial charge in [0.25, 0.3) is 0 Å². The molecule has 7 heteroatoms. The molecule has 1 heterocycles. The van der Waals surface area contributed by atoms with Crippen LogP contribution in [0.5, 0.6) is 0 Å². The number of aliphatic hydroxyl groups excluding tert-OH is 1. The predicted molar refractivity (Wildman–Crippen MR) is 63.9 cm³/mol. The summed E-state index contributed by atoms with van der Waals surface area (Å²) in [4.78, 5) is 10.4. The van der Waals surface area contributed by atoms with Crippen LogP contribution in [0.1, 0.15) is 26.7 Å². The van der Waals surface area contributed by atoms with Crippen molar-refractivity contribution in [2.45, 2.75) is 32.2 Å². The van der Waals surface area contributed by atoms with Gasteiger partial charge < -0.3 is 10.4 Å². The number of nitro groups is 1. The van der Waals surface area contributed by atoms with Crippen molar-refractivity contribution in [2.75, 3.05) is 11.9 Å². The number of anilines is 1. The second-order valence-corrected chi connectivity index (χ2v) is 4.31. The van der Waals surface area contributed by atoms with Crippen molar-refractivity contribution in [3.63, 3.8) is 0 Å². The first-order chi connectivity index (χ1) is 7.91. The Kier molecular flexibility index (Phi) is 4.06. The molecule has 1 aromatic rings. The predicted octanol–water partition coefficient (Wildman–Crippen LogP) is 1.29. The fraction of sp³-hybridized carbons (Fsp3) is 0.700. The zero-order valence-corrected chi connectivity index (χ0v) is 10.3. The minimum absolute atomic E-state index is 0.0258. The number of hydrogen-bond donors (Lipinski definition) is 2. The third-order valence-electron chi connectivity index (χ3n) is 2.87. The Morgan fingerprint density at radius 3 is 2.82 bits per heavy atom. The minimum Gasteiger partial charge on any atom is -0.396 e. The number of aromatic nitrogens is 2. The standard InChI is InChI=1S/C10H18N4O3/c1-4-10(2,5-6-15)11-9-8(14(16)17)7-13(3)12-9/h7,15H,4-6H2,1-3H3,(H,11,12). The van der Waals surface area contributed by atoms with Gasteiger partial charge in [-0.1, -0.05) is 6.92 Å². The number of rotatable bonds is 6. The lowest BCUT2D eigenvalue weighted by Gasteiger charge is -2.28. The molecule has 2 N–H and O–H groups in total. The normalized spacial score (nSPS) is 14.4. The van der Waals surface area contributed by atoms with E-state index in [9.17, 15) is 10.1 Å². The Balaban J connectivity index is 2.97.